The normalized spacial score (nSPS) is 16.4. The predicted molar refractivity (Wildman–Crippen MR) is 109 cm³/mol. The molecule has 27 heavy (non-hydrogen) atoms. The fraction of sp³-hybridized carbons (Fsp3) is 0.400. The maximum Gasteiger partial charge on any atom is 0.220 e. The Morgan fingerprint density at radius 1 is 1.30 bits per heavy atom. The van der Waals surface area contributed by atoms with E-state index in [2.05, 4.69) is 10.2 Å². The van der Waals surface area contributed by atoms with Crippen molar-refractivity contribution in [3.05, 3.63) is 45.1 Å². The lowest BCUT2D eigenvalue weighted by molar-refractivity contribution is -0.121. The number of halogens is 1. The molecule has 1 N–H and O–H groups in total. The first-order valence-corrected chi connectivity index (χ1v) is 10.1. The number of methoxy groups -OCH3 is 1. The molecule has 144 valence electrons. The van der Waals surface area contributed by atoms with Crippen molar-refractivity contribution in [1.82, 2.24) is 5.32 Å². The summed E-state index contributed by atoms with van der Waals surface area (Å²) in [6.07, 6.45) is 1.30. The van der Waals surface area contributed by atoms with Crippen LogP contribution < -0.4 is 15.0 Å². The largest absolute Gasteiger partial charge is 0.495 e. The molecule has 7 heteroatoms. The number of carbonyl (C=O) groups is 2. The van der Waals surface area contributed by atoms with Crippen molar-refractivity contribution in [2.75, 3.05) is 25.1 Å². The molecule has 5 nitrogen and oxygen atoms in total. The van der Waals surface area contributed by atoms with E-state index in [1.54, 1.807) is 13.2 Å². The lowest BCUT2D eigenvalue weighted by Gasteiger charge is -2.21. The first-order chi connectivity index (χ1) is 13.0. The molecular weight excluding hydrogens is 384 g/mol. The molecule has 1 aliphatic rings. The minimum atomic E-state index is -0.0819. The van der Waals surface area contributed by atoms with Crippen molar-refractivity contribution >= 4 is 40.3 Å². The van der Waals surface area contributed by atoms with E-state index in [9.17, 15) is 9.59 Å². The maximum atomic E-state index is 12.2. The number of nitrogens with one attached hydrogen (secondary N) is 1. The van der Waals surface area contributed by atoms with Gasteiger partial charge in [-0.2, -0.15) is 0 Å². The molecule has 1 aromatic heterocycles. The lowest BCUT2D eigenvalue weighted by Crippen LogP contribution is -2.37. The van der Waals surface area contributed by atoms with Crippen LogP contribution >= 0.6 is 22.9 Å². The SMILES string of the molecule is COc1ccc(Cl)cc1N1CCC(NC(=O)CCC(=O)c2ccc(C)s2)C1. The van der Waals surface area contributed by atoms with Gasteiger partial charge in [0.05, 0.1) is 17.7 Å². The van der Waals surface area contributed by atoms with Crippen LogP contribution in [-0.4, -0.2) is 37.9 Å². The lowest BCUT2D eigenvalue weighted by atomic mass is 10.1. The molecule has 1 aliphatic heterocycles. The summed E-state index contributed by atoms with van der Waals surface area (Å²) < 4.78 is 5.41. The van der Waals surface area contributed by atoms with Crippen LogP contribution in [0.3, 0.4) is 0 Å². The molecule has 1 fully saturated rings. The average Bonchev–Trinajstić information content (AvgIpc) is 3.29. The highest BCUT2D eigenvalue weighted by Crippen LogP contribution is 2.33. The smallest absolute Gasteiger partial charge is 0.220 e. The fourth-order valence-electron chi connectivity index (χ4n) is 3.24. The summed E-state index contributed by atoms with van der Waals surface area (Å²) in [7, 11) is 1.63. The maximum absolute atomic E-state index is 12.2. The zero-order valence-electron chi connectivity index (χ0n) is 15.5. The van der Waals surface area contributed by atoms with Gasteiger partial charge in [-0.15, -0.1) is 11.3 Å². The van der Waals surface area contributed by atoms with Gasteiger partial charge in [0.15, 0.2) is 5.78 Å². The number of thiophene rings is 1. The topological polar surface area (TPSA) is 58.6 Å². The van der Waals surface area contributed by atoms with Crippen molar-refractivity contribution in [2.24, 2.45) is 0 Å². The quantitative estimate of drug-likeness (QED) is 0.704. The fourth-order valence-corrected chi connectivity index (χ4v) is 4.24. The molecular formula is C20H23ClN2O3S. The highest BCUT2D eigenvalue weighted by molar-refractivity contribution is 7.14. The van der Waals surface area contributed by atoms with Gasteiger partial charge in [-0.05, 0) is 43.7 Å². The number of anilines is 1. The second-order valence-corrected chi connectivity index (χ2v) is 8.37. The molecule has 0 spiro atoms. The molecule has 1 atom stereocenters. The predicted octanol–water partition coefficient (Wildman–Crippen LogP) is 4.08. The van der Waals surface area contributed by atoms with Gasteiger partial charge in [-0.3, -0.25) is 9.59 Å². The summed E-state index contributed by atoms with van der Waals surface area (Å²) in [4.78, 5) is 28.4. The number of hydrogen-bond acceptors (Lipinski definition) is 5. The van der Waals surface area contributed by atoms with E-state index in [4.69, 9.17) is 16.3 Å². The standard InChI is InChI=1S/C20H23ClN2O3S/c1-13-3-7-19(27-13)17(24)5-8-20(25)22-15-9-10-23(12-15)16-11-14(21)4-6-18(16)26-2/h3-4,6-7,11,15H,5,8-10,12H2,1-2H3,(H,22,25). The Kier molecular flexibility index (Phi) is 6.39. The molecule has 0 saturated carbocycles. The molecule has 0 aliphatic carbocycles. The van der Waals surface area contributed by atoms with Gasteiger partial charge in [-0.1, -0.05) is 11.6 Å². The second-order valence-electron chi connectivity index (χ2n) is 6.65. The summed E-state index contributed by atoms with van der Waals surface area (Å²) in [6.45, 7) is 3.48. The third-order valence-corrected chi connectivity index (χ3v) is 5.91. The first-order valence-electron chi connectivity index (χ1n) is 8.93. The van der Waals surface area contributed by atoms with E-state index in [0.717, 1.165) is 34.2 Å². The van der Waals surface area contributed by atoms with E-state index in [0.29, 0.717) is 11.6 Å². The Morgan fingerprint density at radius 3 is 2.81 bits per heavy atom. The first kappa shape index (κ1) is 19.7. The summed E-state index contributed by atoms with van der Waals surface area (Å²) in [5, 5.41) is 3.69. The van der Waals surface area contributed by atoms with Crippen LogP contribution in [0.4, 0.5) is 5.69 Å². The average molecular weight is 407 g/mol. The Hall–Kier alpha value is -2.05. The van der Waals surface area contributed by atoms with E-state index in [1.165, 1.54) is 11.3 Å². The molecule has 0 bridgehead atoms. The summed E-state index contributed by atoms with van der Waals surface area (Å²) >= 11 is 7.59. The minimum absolute atomic E-state index is 0.0277. The highest BCUT2D eigenvalue weighted by Gasteiger charge is 2.26. The van der Waals surface area contributed by atoms with Crippen LogP contribution in [0.5, 0.6) is 5.75 Å². The van der Waals surface area contributed by atoms with Crippen molar-refractivity contribution < 1.29 is 14.3 Å². The van der Waals surface area contributed by atoms with Crippen LogP contribution in [0.1, 0.15) is 33.8 Å². The molecule has 2 heterocycles. The molecule has 0 radical (unpaired) electrons. The van der Waals surface area contributed by atoms with Gasteiger partial charge < -0.3 is 15.0 Å². The zero-order chi connectivity index (χ0) is 19.4. The van der Waals surface area contributed by atoms with Gasteiger partial charge in [0, 0.05) is 41.9 Å². The number of ether oxygens (including phenoxy) is 1. The number of nitrogens with zero attached hydrogens (tertiary/aromatic N) is 1. The number of carbonyl (C=O) groups excluding carboxylic acids is 2. The monoisotopic (exact) mass is 406 g/mol. The highest BCUT2D eigenvalue weighted by atomic mass is 35.5. The van der Waals surface area contributed by atoms with Crippen LogP contribution in [0.2, 0.25) is 5.02 Å². The van der Waals surface area contributed by atoms with Gasteiger partial charge in [0.1, 0.15) is 5.75 Å². The van der Waals surface area contributed by atoms with Crippen molar-refractivity contribution in [1.29, 1.82) is 0 Å². The van der Waals surface area contributed by atoms with Gasteiger partial charge in [0.25, 0.3) is 0 Å². The van der Waals surface area contributed by atoms with E-state index in [1.807, 2.05) is 31.2 Å². The van der Waals surface area contributed by atoms with Gasteiger partial charge in [-0.25, -0.2) is 0 Å². The molecule has 1 aromatic carbocycles. The Balaban J connectivity index is 1.50. The molecule has 1 saturated heterocycles. The van der Waals surface area contributed by atoms with Gasteiger partial charge in [0.2, 0.25) is 5.91 Å². The number of benzene rings is 1. The second kappa shape index (κ2) is 8.76. The summed E-state index contributed by atoms with van der Waals surface area (Å²) in [5.41, 5.74) is 0.935. The van der Waals surface area contributed by atoms with Crippen LogP contribution in [0, 0.1) is 6.92 Å². The van der Waals surface area contributed by atoms with Crippen molar-refractivity contribution in [2.45, 2.75) is 32.2 Å². The Bertz CT molecular complexity index is 836. The Labute approximate surface area is 168 Å². The number of amides is 1. The van der Waals surface area contributed by atoms with Crippen LogP contribution in [0.15, 0.2) is 30.3 Å². The third-order valence-electron chi connectivity index (χ3n) is 4.63. The van der Waals surface area contributed by atoms with Crippen LogP contribution in [0.25, 0.3) is 0 Å². The summed E-state index contributed by atoms with van der Waals surface area (Å²) in [6, 6.07) is 9.34. The number of hydrogen-bond donors (Lipinski definition) is 1. The van der Waals surface area contributed by atoms with Gasteiger partial charge >= 0.3 is 0 Å². The van der Waals surface area contributed by atoms with E-state index < -0.39 is 0 Å². The molecule has 2 aromatic rings. The van der Waals surface area contributed by atoms with Crippen molar-refractivity contribution in [3.63, 3.8) is 0 Å². The Morgan fingerprint density at radius 2 is 2.11 bits per heavy atom. The number of Topliss-reactive ketones (excluding diaryl/α,β-unsaturated/α-hetero) is 1. The third kappa shape index (κ3) is 5.02. The number of aryl methyl sites for hydroxylation is 1. The zero-order valence-corrected chi connectivity index (χ0v) is 17.0. The van der Waals surface area contributed by atoms with E-state index in [-0.39, 0.29) is 30.6 Å². The van der Waals surface area contributed by atoms with E-state index >= 15 is 0 Å². The molecule has 3 rings (SSSR count). The summed E-state index contributed by atoms with van der Waals surface area (Å²) in [5.74, 6) is 0.713. The molecule has 1 amide bonds. The molecule has 1 unspecified atom stereocenters. The minimum Gasteiger partial charge on any atom is -0.495 e. The van der Waals surface area contributed by atoms with Crippen LogP contribution in [-0.2, 0) is 4.79 Å². The number of ketones is 1. The van der Waals surface area contributed by atoms with Crippen molar-refractivity contribution in [3.8, 4) is 5.75 Å². The number of rotatable bonds is 7.